The smallest absolute Gasteiger partial charge is 0.229 e. The molecule has 0 bridgehead atoms. The quantitative estimate of drug-likeness (QED) is 0.658. The van der Waals surface area contributed by atoms with E-state index in [1.807, 2.05) is 0 Å². The number of hydrogen-bond acceptors (Lipinski definition) is 3. The normalized spacial score (nSPS) is 10.4. The number of rotatable bonds is 7. The van der Waals surface area contributed by atoms with Crippen molar-refractivity contribution in [3.05, 3.63) is 89.6 Å². The van der Waals surface area contributed by atoms with E-state index in [1.165, 1.54) is 18.2 Å². The van der Waals surface area contributed by atoms with Crippen LogP contribution in [0.2, 0.25) is 0 Å². The topological polar surface area (TPSA) is 54.0 Å². The molecule has 27 heavy (non-hydrogen) atoms. The number of halogens is 2. The van der Waals surface area contributed by atoms with Crippen molar-refractivity contribution in [2.45, 2.75) is 12.8 Å². The molecule has 138 valence electrons. The van der Waals surface area contributed by atoms with Gasteiger partial charge in [-0.3, -0.25) is 4.79 Å². The molecule has 4 nitrogen and oxygen atoms in total. The third-order valence-corrected chi connectivity index (χ3v) is 3.97. The lowest BCUT2D eigenvalue weighted by atomic mass is 10.1. The van der Waals surface area contributed by atoms with Gasteiger partial charge in [0.25, 0.3) is 0 Å². The van der Waals surface area contributed by atoms with Gasteiger partial charge >= 0.3 is 0 Å². The summed E-state index contributed by atoms with van der Waals surface area (Å²) in [5.41, 5.74) is 2.02. The SMILES string of the molecule is O=C(Cc1cccc(F)c1)Nc1ccc(NCCc2ccccc2F)cn1. The lowest BCUT2D eigenvalue weighted by Crippen LogP contribution is -2.15. The van der Waals surface area contributed by atoms with E-state index in [4.69, 9.17) is 0 Å². The predicted molar refractivity (Wildman–Crippen MR) is 102 cm³/mol. The molecule has 0 saturated heterocycles. The van der Waals surface area contributed by atoms with Gasteiger partial charge in [0, 0.05) is 6.54 Å². The maximum Gasteiger partial charge on any atom is 0.229 e. The van der Waals surface area contributed by atoms with Crippen LogP contribution in [-0.4, -0.2) is 17.4 Å². The summed E-state index contributed by atoms with van der Waals surface area (Å²) in [7, 11) is 0. The summed E-state index contributed by atoms with van der Waals surface area (Å²) in [6.07, 6.45) is 2.22. The maximum absolute atomic E-state index is 13.6. The average molecular weight is 367 g/mol. The Morgan fingerprint density at radius 1 is 1.00 bits per heavy atom. The van der Waals surface area contributed by atoms with Crippen molar-refractivity contribution in [2.75, 3.05) is 17.2 Å². The van der Waals surface area contributed by atoms with Crippen molar-refractivity contribution in [3.8, 4) is 0 Å². The fourth-order valence-electron chi connectivity index (χ4n) is 2.63. The van der Waals surface area contributed by atoms with Gasteiger partial charge in [0.2, 0.25) is 5.91 Å². The van der Waals surface area contributed by atoms with Crippen LogP contribution in [0.15, 0.2) is 66.9 Å². The van der Waals surface area contributed by atoms with Gasteiger partial charge in [-0.25, -0.2) is 13.8 Å². The van der Waals surface area contributed by atoms with Crippen LogP contribution in [0.5, 0.6) is 0 Å². The molecular weight excluding hydrogens is 348 g/mol. The second kappa shape index (κ2) is 8.89. The number of aromatic nitrogens is 1. The zero-order valence-corrected chi connectivity index (χ0v) is 14.6. The molecule has 0 aliphatic carbocycles. The summed E-state index contributed by atoms with van der Waals surface area (Å²) in [6.45, 7) is 0.563. The zero-order chi connectivity index (χ0) is 19.1. The van der Waals surface area contributed by atoms with Crippen molar-refractivity contribution in [2.24, 2.45) is 0 Å². The lowest BCUT2D eigenvalue weighted by molar-refractivity contribution is -0.115. The summed E-state index contributed by atoms with van der Waals surface area (Å²) in [5.74, 6) is -0.442. The molecule has 1 amide bonds. The highest BCUT2D eigenvalue weighted by molar-refractivity contribution is 5.91. The van der Waals surface area contributed by atoms with E-state index in [0.29, 0.717) is 29.9 Å². The van der Waals surface area contributed by atoms with E-state index in [0.717, 1.165) is 5.69 Å². The van der Waals surface area contributed by atoms with Gasteiger partial charge in [0.05, 0.1) is 18.3 Å². The van der Waals surface area contributed by atoms with E-state index in [9.17, 15) is 13.6 Å². The van der Waals surface area contributed by atoms with E-state index in [1.54, 1.807) is 48.7 Å². The number of amides is 1. The largest absolute Gasteiger partial charge is 0.383 e. The molecule has 6 heteroatoms. The third-order valence-electron chi connectivity index (χ3n) is 3.97. The molecule has 0 saturated carbocycles. The van der Waals surface area contributed by atoms with E-state index < -0.39 is 0 Å². The van der Waals surface area contributed by atoms with Crippen molar-refractivity contribution in [3.63, 3.8) is 0 Å². The zero-order valence-electron chi connectivity index (χ0n) is 14.6. The molecule has 2 aromatic carbocycles. The number of carbonyl (C=O) groups excluding carboxylic acids is 1. The minimum Gasteiger partial charge on any atom is -0.383 e. The fourth-order valence-corrected chi connectivity index (χ4v) is 2.63. The molecule has 1 heterocycles. The van der Waals surface area contributed by atoms with Gasteiger partial charge in [-0.1, -0.05) is 30.3 Å². The van der Waals surface area contributed by atoms with E-state index >= 15 is 0 Å². The first kappa shape index (κ1) is 18.5. The van der Waals surface area contributed by atoms with Crippen LogP contribution < -0.4 is 10.6 Å². The molecule has 3 rings (SSSR count). The first-order valence-electron chi connectivity index (χ1n) is 8.58. The Balaban J connectivity index is 1.48. The highest BCUT2D eigenvalue weighted by Crippen LogP contribution is 2.12. The van der Waals surface area contributed by atoms with Gasteiger partial charge in [-0.05, 0) is 47.9 Å². The third kappa shape index (κ3) is 5.60. The summed E-state index contributed by atoms with van der Waals surface area (Å²) >= 11 is 0. The summed E-state index contributed by atoms with van der Waals surface area (Å²) in [5, 5.41) is 5.84. The van der Waals surface area contributed by atoms with Gasteiger partial charge < -0.3 is 10.6 Å². The Bertz CT molecular complexity index is 913. The molecule has 0 spiro atoms. The van der Waals surface area contributed by atoms with Crippen LogP contribution in [0.1, 0.15) is 11.1 Å². The van der Waals surface area contributed by atoms with Crippen LogP contribution in [0.3, 0.4) is 0 Å². The first-order chi connectivity index (χ1) is 13.1. The molecular formula is C21H19F2N3O. The molecule has 3 aromatic rings. The van der Waals surface area contributed by atoms with Crippen LogP contribution in [-0.2, 0) is 17.6 Å². The standard InChI is InChI=1S/C21H19F2N3O/c22-17-6-3-4-15(12-17)13-21(27)26-20-9-8-18(14-25-20)24-11-10-16-5-1-2-7-19(16)23/h1-9,12,14,24H,10-11,13H2,(H,25,26,27). The molecule has 1 aromatic heterocycles. The van der Waals surface area contributed by atoms with Gasteiger partial charge in [0.1, 0.15) is 17.5 Å². The Kier molecular flexibility index (Phi) is 6.10. The Morgan fingerprint density at radius 2 is 1.85 bits per heavy atom. The molecule has 0 aliphatic heterocycles. The predicted octanol–water partition coefficient (Wildman–Crippen LogP) is 4.20. The van der Waals surface area contributed by atoms with E-state index in [-0.39, 0.29) is 24.0 Å². The van der Waals surface area contributed by atoms with Crippen LogP contribution in [0.4, 0.5) is 20.3 Å². The number of pyridine rings is 1. The summed E-state index contributed by atoms with van der Waals surface area (Å²) < 4.78 is 26.7. The first-order valence-corrected chi connectivity index (χ1v) is 8.58. The highest BCUT2D eigenvalue weighted by Gasteiger charge is 2.06. The lowest BCUT2D eigenvalue weighted by Gasteiger charge is -2.08. The number of nitrogens with zero attached hydrogens (tertiary/aromatic N) is 1. The number of hydrogen-bond donors (Lipinski definition) is 2. The van der Waals surface area contributed by atoms with Crippen molar-refractivity contribution < 1.29 is 13.6 Å². The van der Waals surface area contributed by atoms with Crippen LogP contribution >= 0.6 is 0 Å². The van der Waals surface area contributed by atoms with Gasteiger partial charge in [-0.2, -0.15) is 0 Å². The van der Waals surface area contributed by atoms with Crippen molar-refractivity contribution in [1.29, 1.82) is 0 Å². The highest BCUT2D eigenvalue weighted by atomic mass is 19.1. The van der Waals surface area contributed by atoms with E-state index in [2.05, 4.69) is 15.6 Å². The average Bonchev–Trinajstić information content (AvgIpc) is 2.65. The Hall–Kier alpha value is -3.28. The van der Waals surface area contributed by atoms with Crippen molar-refractivity contribution in [1.82, 2.24) is 4.98 Å². The number of nitrogens with one attached hydrogen (secondary N) is 2. The molecule has 0 unspecified atom stereocenters. The Labute approximate surface area is 156 Å². The molecule has 0 atom stereocenters. The molecule has 2 N–H and O–H groups in total. The molecule has 0 fully saturated rings. The fraction of sp³-hybridized carbons (Fsp3) is 0.143. The summed E-state index contributed by atoms with van der Waals surface area (Å²) in [4.78, 5) is 16.2. The summed E-state index contributed by atoms with van der Waals surface area (Å²) in [6, 6.07) is 16.1. The Morgan fingerprint density at radius 3 is 2.59 bits per heavy atom. The number of anilines is 2. The van der Waals surface area contributed by atoms with Crippen molar-refractivity contribution >= 4 is 17.4 Å². The molecule has 0 aliphatic rings. The monoisotopic (exact) mass is 367 g/mol. The van der Waals surface area contributed by atoms with Gasteiger partial charge in [0.15, 0.2) is 0 Å². The number of carbonyl (C=O) groups is 1. The van der Waals surface area contributed by atoms with Crippen LogP contribution in [0, 0.1) is 11.6 Å². The second-order valence-corrected chi connectivity index (χ2v) is 6.06. The number of benzene rings is 2. The van der Waals surface area contributed by atoms with Gasteiger partial charge in [-0.15, -0.1) is 0 Å². The molecule has 0 radical (unpaired) electrons. The second-order valence-electron chi connectivity index (χ2n) is 6.06. The minimum atomic E-state index is -0.371. The van der Waals surface area contributed by atoms with Crippen LogP contribution in [0.25, 0.3) is 0 Å². The maximum atomic E-state index is 13.6. The minimum absolute atomic E-state index is 0.0715.